The number of ether oxygens (including phenoxy) is 1. The van der Waals surface area contributed by atoms with Crippen molar-refractivity contribution in [1.29, 1.82) is 5.26 Å². The monoisotopic (exact) mass is 546 g/mol. The summed E-state index contributed by atoms with van der Waals surface area (Å²) in [6.07, 6.45) is 1.55. The second-order valence-electron chi connectivity index (χ2n) is 7.87. The molecule has 1 aliphatic heterocycles. The number of halogens is 3. The van der Waals surface area contributed by atoms with Crippen molar-refractivity contribution in [2.75, 3.05) is 39.4 Å². The molecule has 3 aromatic rings. The summed E-state index contributed by atoms with van der Waals surface area (Å²) in [5.74, 6) is -1.08. The Balaban J connectivity index is 1.80. The van der Waals surface area contributed by atoms with E-state index in [2.05, 4.69) is 10.2 Å². The Morgan fingerprint density at radius 1 is 1.19 bits per heavy atom. The molecule has 1 aromatic heterocycles. The van der Waals surface area contributed by atoms with Crippen LogP contribution in [0, 0.1) is 17.1 Å². The number of benzene rings is 2. The summed E-state index contributed by atoms with van der Waals surface area (Å²) in [6, 6.07) is 12.2. The molecule has 36 heavy (non-hydrogen) atoms. The molecular weight excluding hydrogens is 526 g/mol. The zero-order chi connectivity index (χ0) is 25.7. The molecule has 11 heteroatoms. The van der Waals surface area contributed by atoms with E-state index in [9.17, 15) is 19.2 Å². The summed E-state index contributed by atoms with van der Waals surface area (Å²) < 4.78 is 20.5. The van der Waals surface area contributed by atoms with E-state index in [4.69, 9.17) is 27.9 Å². The van der Waals surface area contributed by atoms with Crippen molar-refractivity contribution in [3.63, 3.8) is 0 Å². The van der Waals surface area contributed by atoms with E-state index in [0.29, 0.717) is 42.6 Å². The Hall–Kier alpha value is -3.00. The molecule has 1 aliphatic rings. The molecule has 0 spiro atoms. The predicted molar refractivity (Wildman–Crippen MR) is 138 cm³/mol. The first kappa shape index (κ1) is 26.1. The van der Waals surface area contributed by atoms with Gasteiger partial charge in [0, 0.05) is 26.2 Å². The van der Waals surface area contributed by atoms with Gasteiger partial charge in [-0.25, -0.2) is 4.39 Å². The quantitative estimate of drug-likeness (QED) is 0.512. The van der Waals surface area contributed by atoms with Gasteiger partial charge in [0.2, 0.25) is 0 Å². The molecule has 1 fully saturated rings. The second kappa shape index (κ2) is 11.8. The zero-order valence-corrected chi connectivity index (χ0v) is 21.3. The Morgan fingerprint density at radius 2 is 1.92 bits per heavy atom. The largest absolute Gasteiger partial charge is 0.379 e. The maximum absolute atomic E-state index is 13.6. The fourth-order valence-corrected chi connectivity index (χ4v) is 5.14. The number of carbonyl (C=O) groups excluding carboxylic acids is 1. The number of thiazole rings is 1. The summed E-state index contributed by atoms with van der Waals surface area (Å²) >= 11 is 13.4. The number of nitrogens with one attached hydrogen (secondary N) is 1. The molecule has 1 saturated heterocycles. The maximum Gasteiger partial charge on any atom is 0.273 e. The van der Waals surface area contributed by atoms with E-state index in [1.54, 1.807) is 24.3 Å². The van der Waals surface area contributed by atoms with Gasteiger partial charge >= 0.3 is 0 Å². The van der Waals surface area contributed by atoms with E-state index >= 15 is 0 Å². The number of morpholine rings is 1. The van der Waals surface area contributed by atoms with Crippen LogP contribution in [0.3, 0.4) is 0 Å². The smallest absolute Gasteiger partial charge is 0.273 e. The van der Waals surface area contributed by atoms with Crippen molar-refractivity contribution >= 4 is 52.1 Å². The molecule has 0 atom stereocenters. The van der Waals surface area contributed by atoms with Gasteiger partial charge in [0.15, 0.2) is 5.57 Å². The zero-order valence-electron chi connectivity index (χ0n) is 19.0. The van der Waals surface area contributed by atoms with E-state index in [1.165, 1.54) is 28.8 Å². The number of carbonyl (C=O) groups is 1. The fourth-order valence-electron chi connectivity index (χ4n) is 3.68. The number of hydrogen-bond donors (Lipinski definition) is 1. The van der Waals surface area contributed by atoms with Gasteiger partial charge in [-0.1, -0.05) is 35.3 Å². The molecule has 4 rings (SSSR count). The first-order valence-electron chi connectivity index (χ1n) is 11.1. The van der Waals surface area contributed by atoms with Crippen LogP contribution in [0.4, 0.5) is 4.39 Å². The first-order chi connectivity index (χ1) is 17.4. The van der Waals surface area contributed by atoms with Gasteiger partial charge in [0.25, 0.3) is 11.5 Å². The second-order valence-corrected chi connectivity index (χ2v) is 9.69. The highest BCUT2D eigenvalue weighted by molar-refractivity contribution is 7.07. The lowest BCUT2D eigenvalue weighted by atomic mass is 10.2. The lowest BCUT2D eigenvalue weighted by Crippen LogP contribution is -2.42. The molecule has 2 aromatic carbocycles. The van der Waals surface area contributed by atoms with Crippen molar-refractivity contribution in [2.24, 2.45) is 0 Å². The molecule has 0 radical (unpaired) electrons. The third-order valence-corrected chi connectivity index (χ3v) is 7.47. The third-order valence-electron chi connectivity index (χ3n) is 5.55. The van der Waals surface area contributed by atoms with E-state index in [0.717, 1.165) is 24.4 Å². The van der Waals surface area contributed by atoms with Gasteiger partial charge in [-0.05, 0) is 42.0 Å². The van der Waals surface area contributed by atoms with Gasteiger partial charge in [0.1, 0.15) is 16.5 Å². The molecule has 0 unspecified atom stereocenters. The first-order valence-corrected chi connectivity index (χ1v) is 12.6. The molecule has 186 valence electrons. The standard InChI is InChI=1S/C25H21Cl2FN4O3S/c26-20-3-1-2-16(22(20)27)14-21-24(34)32(18-6-4-17(28)5-7-18)25(36-21)19(15-29)23(33)30-8-9-31-10-12-35-13-11-31/h1-7,14H,8-13H2,(H,30,33)/b21-14-,25-19-. The van der Waals surface area contributed by atoms with Crippen LogP contribution in [0.1, 0.15) is 5.56 Å². The van der Waals surface area contributed by atoms with Crippen LogP contribution in [-0.2, 0) is 9.53 Å². The number of rotatable bonds is 6. The predicted octanol–water partition coefficient (Wildman–Crippen LogP) is 2.30. The van der Waals surface area contributed by atoms with Crippen molar-refractivity contribution in [1.82, 2.24) is 14.8 Å². The van der Waals surface area contributed by atoms with Crippen LogP contribution >= 0.6 is 34.5 Å². The molecule has 7 nitrogen and oxygen atoms in total. The molecule has 1 amide bonds. The molecular formula is C25H21Cl2FN4O3S. The summed E-state index contributed by atoms with van der Waals surface area (Å²) in [5.41, 5.74) is 0.124. The van der Waals surface area contributed by atoms with Gasteiger partial charge in [-0.15, -0.1) is 11.3 Å². The normalized spacial score (nSPS) is 15.4. The number of amides is 1. The highest BCUT2D eigenvalue weighted by atomic mass is 35.5. The van der Waals surface area contributed by atoms with Crippen molar-refractivity contribution in [3.8, 4) is 11.8 Å². The van der Waals surface area contributed by atoms with Gasteiger partial charge in [-0.3, -0.25) is 19.1 Å². The van der Waals surface area contributed by atoms with Crippen molar-refractivity contribution < 1.29 is 13.9 Å². The topological polar surface area (TPSA) is 87.4 Å². The Bertz CT molecular complexity index is 1490. The minimum absolute atomic E-state index is 0.127. The summed E-state index contributed by atoms with van der Waals surface area (Å²) in [6.45, 7) is 3.75. The minimum atomic E-state index is -0.602. The summed E-state index contributed by atoms with van der Waals surface area (Å²) in [5, 5.41) is 13.2. The molecule has 0 bridgehead atoms. The van der Waals surface area contributed by atoms with E-state index < -0.39 is 17.3 Å². The van der Waals surface area contributed by atoms with Crippen LogP contribution in [0.5, 0.6) is 0 Å². The van der Waals surface area contributed by atoms with Gasteiger partial charge < -0.3 is 10.1 Å². The third kappa shape index (κ3) is 5.86. The molecule has 0 aliphatic carbocycles. The SMILES string of the molecule is N#C/C(C(=O)NCCN1CCOCC1)=c1/s/c(=C\c2cccc(Cl)c2Cl)c(=O)n1-c1ccc(F)cc1. The van der Waals surface area contributed by atoms with Crippen LogP contribution in [-0.4, -0.2) is 54.8 Å². The van der Waals surface area contributed by atoms with Crippen molar-refractivity contribution in [3.05, 3.63) is 83.4 Å². The molecule has 2 heterocycles. The molecule has 1 N–H and O–H groups in total. The number of aromatic nitrogens is 1. The van der Waals surface area contributed by atoms with Gasteiger partial charge in [0.05, 0.1) is 33.5 Å². The Kier molecular flexibility index (Phi) is 8.56. The van der Waals surface area contributed by atoms with Gasteiger partial charge in [-0.2, -0.15) is 5.26 Å². The van der Waals surface area contributed by atoms with Crippen molar-refractivity contribution in [2.45, 2.75) is 0 Å². The van der Waals surface area contributed by atoms with Crippen LogP contribution in [0.2, 0.25) is 10.0 Å². The van der Waals surface area contributed by atoms with Crippen LogP contribution in [0.15, 0.2) is 47.3 Å². The van der Waals surface area contributed by atoms with Crippen LogP contribution < -0.4 is 20.1 Å². The van der Waals surface area contributed by atoms with E-state index in [1.807, 2.05) is 6.07 Å². The Labute approximate surface area is 220 Å². The lowest BCUT2D eigenvalue weighted by molar-refractivity contribution is -0.115. The highest BCUT2D eigenvalue weighted by Crippen LogP contribution is 2.25. The number of nitrogens with zero attached hydrogens (tertiary/aromatic N) is 3. The van der Waals surface area contributed by atoms with E-state index in [-0.39, 0.29) is 19.8 Å². The highest BCUT2D eigenvalue weighted by Gasteiger charge is 2.18. The Morgan fingerprint density at radius 3 is 2.61 bits per heavy atom. The molecule has 0 saturated carbocycles. The average molecular weight is 547 g/mol. The summed E-state index contributed by atoms with van der Waals surface area (Å²) in [4.78, 5) is 28.6. The average Bonchev–Trinajstić information content (AvgIpc) is 3.19. The summed E-state index contributed by atoms with van der Waals surface area (Å²) in [7, 11) is 0. The maximum atomic E-state index is 13.6. The fraction of sp³-hybridized carbons (Fsp3) is 0.240. The minimum Gasteiger partial charge on any atom is -0.379 e. The number of hydrogen-bond acceptors (Lipinski definition) is 6. The number of nitriles is 1. The lowest BCUT2D eigenvalue weighted by Gasteiger charge is -2.26. The van der Waals surface area contributed by atoms with Crippen LogP contribution in [0.25, 0.3) is 17.3 Å².